The van der Waals surface area contributed by atoms with Crippen LogP contribution in [0.25, 0.3) is 0 Å². The van der Waals surface area contributed by atoms with E-state index in [4.69, 9.17) is 14.5 Å². The molecule has 1 fully saturated rings. The Bertz CT molecular complexity index is 1070. The Morgan fingerprint density at radius 3 is 2.28 bits per heavy atom. The van der Waals surface area contributed by atoms with E-state index >= 15 is 0 Å². The number of nitrogens with zero attached hydrogens (tertiary/aromatic N) is 3. The fourth-order valence-corrected chi connectivity index (χ4v) is 5.40. The van der Waals surface area contributed by atoms with Crippen LogP contribution in [0.1, 0.15) is 56.2 Å². The maximum Gasteiger partial charge on any atom is 0.161 e. The molecule has 4 rings (SSSR count). The Kier molecular flexibility index (Phi) is 8.68. The van der Waals surface area contributed by atoms with Gasteiger partial charge >= 0.3 is 0 Å². The molecule has 0 aliphatic carbocycles. The summed E-state index contributed by atoms with van der Waals surface area (Å²) >= 11 is 0. The zero-order valence-corrected chi connectivity index (χ0v) is 22.5. The number of ketones is 1. The summed E-state index contributed by atoms with van der Waals surface area (Å²) < 4.78 is 11.3. The molecule has 0 spiro atoms. The number of hydrogen-bond acceptors (Lipinski definition) is 6. The number of Topliss-reactive ketones (excluding diaryl/α,β-unsaturated/α-hetero) is 1. The molecule has 0 amide bonds. The van der Waals surface area contributed by atoms with E-state index in [-0.39, 0.29) is 6.04 Å². The normalized spacial score (nSPS) is 20.4. The standard InChI is InChI=1S/C30H41N3O3/c1-6-21-18-23-19-28(35-4)29(36-5)20-26(23)30(31-27(21)13-12-25(34)7-2)22-8-10-24(11-9-22)33-16-14-32(3)15-17-33/h8-11,19-21,27H,6-7,12-18H2,1-5H3. The van der Waals surface area contributed by atoms with Gasteiger partial charge in [0, 0.05) is 55.8 Å². The van der Waals surface area contributed by atoms with Crippen molar-refractivity contribution in [3.05, 3.63) is 53.1 Å². The average molecular weight is 492 g/mol. The van der Waals surface area contributed by atoms with Gasteiger partial charge in [-0.05, 0) is 55.6 Å². The largest absolute Gasteiger partial charge is 0.493 e. The van der Waals surface area contributed by atoms with E-state index in [1.165, 1.54) is 11.3 Å². The lowest BCUT2D eigenvalue weighted by molar-refractivity contribution is -0.119. The lowest BCUT2D eigenvalue weighted by Crippen LogP contribution is -2.44. The van der Waals surface area contributed by atoms with Gasteiger partial charge in [0.05, 0.1) is 26.0 Å². The highest BCUT2D eigenvalue weighted by molar-refractivity contribution is 6.14. The number of likely N-dealkylation sites (N-methyl/N-ethyl adjacent to an activating group) is 1. The zero-order chi connectivity index (χ0) is 25.7. The van der Waals surface area contributed by atoms with E-state index in [2.05, 4.69) is 60.2 Å². The van der Waals surface area contributed by atoms with Gasteiger partial charge in [-0.2, -0.15) is 0 Å². The van der Waals surface area contributed by atoms with Crippen molar-refractivity contribution in [3.63, 3.8) is 0 Å². The van der Waals surface area contributed by atoms with Crippen molar-refractivity contribution in [1.82, 2.24) is 4.90 Å². The number of carbonyl (C=O) groups is 1. The molecule has 36 heavy (non-hydrogen) atoms. The lowest BCUT2D eigenvalue weighted by Gasteiger charge is -2.34. The summed E-state index contributed by atoms with van der Waals surface area (Å²) in [6, 6.07) is 13.1. The van der Waals surface area contributed by atoms with Gasteiger partial charge in [0.2, 0.25) is 0 Å². The molecular formula is C30H41N3O3. The van der Waals surface area contributed by atoms with Crippen molar-refractivity contribution in [3.8, 4) is 11.5 Å². The molecule has 2 atom stereocenters. The summed E-state index contributed by atoms with van der Waals surface area (Å²) in [5.74, 6) is 2.14. The van der Waals surface area contributed by atoms with Crippen molar-refractivity contribution in [2.45, 2.75) is 52.0 Å². The quantitative estimate of drug-likeness (QED) is 0.494. The van der Waals surface area contributed by atoms with Crippen molar-refractivity contribution < 1.29 is 14.3 Å². The molecule has 2 aromatic carbocycles. The number of anilines is 1. The molecule has 0 bridgehead atoms. The van der Waals surface area contributed by atoms with Crippen LogP contribution >= 0.6 is 0 Å². The van der Waals surface area contributed by atoms with Gasteiger partial charge in [0.15, 0.2) is 11.5 Å². The first-order chi connectivity index (χ1) is 17.5. The summed E-state index contributed by atoms with van der Waals surface area (Å²) in [5, 5.41) is 0. The molecule has 6 heteroatoms. The molecule has 0 N–H and O–H groups in total. The van der Waals surface area contributed by atoms with Gasteiger partial charge in [-0.3, -0.25) is 9.79 Å². The van der Waals surface area contributed by atoms with Crippen molar-refractivity contribution >= 4 is 17.2 Å². The zero-order valence-electron chi connectivity index (χ0n) is 22.5. The first-order valence-electron chi connectivity index (χ1n) is 13.4. The maximum absolute atomic E-state index is 12.2. The van der Waals surface area contributed by atoms with Gasteiger partial charge in [-0.25, -0.2) is 0 Å². The predicted molar refractivity (Wildman–Crippen MR) is 147 cm³/mol. The molecule has 0 saturated carbocycles. The third kappa shape index (κ3) is 5.75. The molecule has 2 aromatic rings. The van der Waals surface area contributed by atoms with Crippen LogP contribution in [-0.2, 0) is 11.2 Å². The molecule has 2 unspecified atom stereocenters. The van der Waals surface area contributed by atoms with E-state index < -0.39 is 0 Å². The number of aliphatic imine (C=N–C) groups is 1. The third-order valence-electron chi connectivity index (χ3n) is 7.83. The van der Waals surface area contributed by atoms with Crippen molar-refractivity contribution in [1.29, 1.82) is 0 Å². The number of fused-ring (bicyclic) bond motifs is 1. The van der Waals surface area contributed by atoms with Crippen LogP contribution in [0, 0.1) is 5.92 Å². The first kappa shape index (κ1) is 26.2. The average Bonchev–Trinajstić information content (AvgIpc) is 3.07. The van der Waals surface area contributed by atoms with Crippen molar-refractivity contribution in [2.24, 2.45) is 10.9 Å². The van der Waals surface area contributed by atoms with E-state index in [0.717, 1.165) is 68.0 Å². The second-order valence-corrected chi connectivity index (χ2v) is 10.0. The van der Waals surface area contributed by atoms with E-state index in [9.17, 15) is 4.79 Å². The molecule has 0 aromatic heterocycles. The van der Waals surface area contributed by atoms with Crippen LogP contribution in [0.4, 0.5) is 5.69 Å². The lowest BCUT2D eigenvalue weighted by atomic mass is 9.86. The number of benzene rings is 2. The van der Waals surface area contributed by atoms with Gasteiger partial charge < -0.3 is 19.3 Å². The molecule has 0 radical (unpaired) electrons. The third-order valence-corrected chi connectivity index (χ3v) is 7.83. The van der Waals surface area contributed by atoms with Crippen LogP contribution in [0.2, 0.25) is 0 Å². The topological polar surface area (TPSA) is 54.4 Å². The SMILES string of the molecule is CCC(=O)CCC1N=C(c2ccc(N3CCN(C)CC3)cc2)c2cc(OC)c(OC)cc2CC1CC. The van der Waals surface area contributed by atoms with Gasteiger partial charge in [0.25, 0.3) is 0 Å². The smallest absolute Gasteiger partial charge is 0.161 e. The number of rotatable bonds is 9. The number of piperazine rings is 1. The van der Waals surface area contributed by atoms with Gasteiger partial charge in [0.1, 0.15) is 5.78 Å². The van der Waals surface area contributed by atoms with Crippen LogP contribution in [0.5, 0.6) is 11.5 Å². The van der Waals surface area contributed by atoms with Crippen LogP contribution in [0.3, 0.4) is 0 Å². The summed E-state index contributed by atoms with van der Waals surface area (Å²) in [5.41, 5.74) is 5.67. The highest BCUT2D eigenvalue weighted by Crippen LogP contribution is 2.37. The summed E-state index contributed by atoms with van der Waals surface area (Å²) in [7, 11) is 5.54. The molecule has 1 saturated heterocycles. The Hall–Kier alpha value is -2.86. The van der Waals surface area contributed by atoms with E-state index in [1.807, 2.05) is 6.92 Å². The molecule has 2 heterocycles. The maximum atomic E-state index is 12.2. The summed E-state index contributed by atoms with van der Waals surface area (Å²) in [4.78, 5) is 22.4. The first-order valence-corrected chi connectivity index (χ1v) is 13.4. The van der Waals surface area contributed by atoms with Gasteiger partial charge in [-0.1, -0.05) is 32.4 Å². The van der Waals surface area contributed by atoms with Crippen molar-refractivity contribution in [2.75, 3.05) is 52.3 Å². The molecule has 2 aliphatic heterocycles. The minimum Gasteiger partial charge on any atom is -0.493 e. The second-order valence-electron chi connectivity index (χ2n) is 10.0. The van der Waals surface area contributed by atoms with Gasteiger partial charge in [-0.15, -0.1) is 0 Å². The summed E-state index contributed by atoms with van der Waals surface area (Å²) in [6.07, 6.45) is 3.87. The van der Waals surface area contributed by atoms with Crippen LogP contribution < -0.4 is 14.4 Å². The Balaban J connectivity index is 1.74. The van der Waals surface area contributed by atoms with Crippen LogP contribution in [0.15, 0.2) is 41.4 Å². The Morgan fingerprint density at radius 1 is 1.00 bits per heavy atom. The Labute approximate surface area is 216 Å². The minimum absolute atomic E-state index is 0.0993. The number of hydrogen-bond donors (Lipinski definition) is 0. The molecule has 6 nitrogen and oxygen atoms in total. The molecular weight excluding hydrogens is 450 g/mol. The monoisotopic (exact) mass is 491 g/mol. The highest BCUT2D eigenvalue weighted by atomic mass is 16.5. The van der Waals surface area contributed by atoms with Crippen LogP contribution in [-0.4, -0.2) is 69.9 Å². The Morgan fingerprint density at radius 2 is 1.67 bits per heavy atom. The minimum atomic E-state index is 0.0993. The highest BCUT2D eigenvalue weighted by Gasteiger charge is 2.29. The fraction of sp³-hybridized carbons (Fsp3) is 0.533. The molecule has 194 valence electrons. The summed E-state index contributed by atoms with van der Waals surface area (Å²) in [6.45, 7) is 8.42. The number of methoxy groups -OCH3 is 2. The van der Waals surface area contributed by atoms with E-state index in [1.54, 1.807) is 14.2 Å². The molecule has 2 aliphatic rings. The number of ether oxygens (including phenoxy) is 2. The fourth-order valence-electron chi connectivity index (χ4n) is 5.40. The van der Waals surface area contributed by atoms with E-state index in [0.29, 0.717) is 30.3 Å². The predicted octanol–water partition coefficient (Wildman–Crippen LogP) is 5.00. The second kappa shape index (κ2) is 11.9. The number of carbonyl (C=O) groups excluding carboxylic acids is 1.